The van der Waals surface area contributed by atoms with Crippen LogP contribution >= 0.6 is 11.8 Å². The number of aliphatic hydroxyl groups excluding tert-OH is 1. The molecule has 0 heterocycles. The molecule has 1 N–H and O–H groups in total. The van der Waals surface area contributed by atoms with Crippen LogP contribution in [-0.4, -0.2) is 17.5 Å². The van der Waals surface area contributed by atoms with E-state index in [4.69, 9.17) is 5.11 Å². The van der Waals surface area contributed by atoms with E-state index in [2.05, 4.69) is 30.8 Å². The Labute approximate surface area is 89.8 Å². The molecule has 1 aromatic rings. The summed E-state index contributed by atoms with van der Waals surface area (Å²) in [6, 6.07) is 8.38. The SMILES string of the molecule is C=Cc1cccc(CSCCCO)c1. The molecule has 0 radical (unpaired) electrons. The van der Waals surface area contributed by atoms with Crippen LogP contribution in [-0.2, 0) is 5.75 Å². The van der Waals surface area contributed by atoms with Gasteiger partial charge in [0, 0.05) is 12.4 Å². The Morgan fingerprint density at radius 1 is 1.43 bits per heavy atom. The first-order valence-corrected chi connectivity index (χ1v) is 5.92. The van der Waals surface area contributed by atoms with E-state index < -0.39 is 0 Å². The Hall–Kier alpha value is -0.730. The normalized spacial score (nSPS) is 10.1. The Balaban J connectivity index is 2.38. The second-order valence-electron chi connectivity index (χ2n) is 3.08. The Morgan fingerprint density at radius 3 is 3.00 bits per heavy atom. The van der Waals surface area contributed by atoms with Crippen LogP contribution in [0.15, 0.2) is 30.8 Å². The van der Waals surface area contributed by atoms with Gasteiger partial charge in [-0.1, -0.05) is 36.9 Å². The molecule has 0 aliphatic heterocycles. The van der Waals surface area contributed by atoms with E-state index >= 15 is 0 Å². The lowest BCUT2D eigenvalue weighted by Crippen LogP contribution is -1.87. The van der Waals surface area contributed by atoms with Crippen LogP contribution in [0.5, 0.6) is 0 Å². The van der Waals surface area contributed by atoms with Gasteiger partial charge in [0.15, 0.2) is 0 Å². The van der Waals surface area contributed by atoms with E-state index in [1.807, 2.05) is 17.8 Å². The van der Waals surface area contributed by atoms with Crippen molar-refractivity contribution in [2.45, 2.75) is 12.2 Å². The van der Waals surface area contributed by atoms with E-state index in [0.29, 0.717) is 6.61 Å². The molecule has 2 heteroatoms. The summed E-state index contributed by atoms with van der Waals surface area (Å²) in [5.74, 6) is 2.04. The summed E-state index contributed by atoms with van der Waals surface area (Å²) in [5, 5.41) is 8.62. The molecule has 0 spiro atoms. The van der Waals surface area contributed by atoms with Crippen molar-refractivity contribution in [3.05, 3.63) is 42.0 Å². The smallest absolute Gasteiger partial charge is 0.0438 e. The van der Waals surface area contributed by atoms with Crippen molar-refractivity contribution >= 4 is 17.8 Å². The summed E-state index contributed by atoms with van der Waals surface area (Å²) in [6.45, 7) is 4.03. The molecule has 0 aliphatic carbocycles. The predicted octanol–water partition coefficient (Wildman–Crippen LogP) is 2.95. The first kappa shape index (κ1) is 11.3. The molecule has 0 amide bonds. The van der Waals surface area contributed by atoms with Crippen molar-refractivity contribution in [1.82, 2.24) is 0 Å². The average Bonchev–Trinajstić information content (AvgIpc) is 2.25. The third-order valence-electron chi connectivity index (χ3n) is 1.90. The molecular weight excluding hydrogens is 192 g/mol. The molecule has 0 unspecified atom stereocenters. The molecule has 76 valence electrons. The molecule has 14 heavy (non-hydrogen) atoms. The van der Waals surface area contributed by atoms with Gasteiger partial charge in [-0.3, -0.25) is 0 Å². The summed E-state index contributed by atoms with van der Waals surface area (Å²) < 4.78 is 0. The van der Waals surface area contributed by atoms with Gasteiger partial charge in [-0.25, -0.2) is 0 Å². The second kappa shape index (κ2) is 6.68. The molecule has 0 bridgehead atoms. The van der Waals surface area contributed by atoms with E-state index in [-0.39, 0.29) is 0 Å². The standard InChI is InChI=1S/C12H16OS/c1-2-11-5-3-6-12(9-11)10-14-8-4-7-13/h2-3,5-6,9,13H,1,4,7-8,10H2. The third-order valence-corrected chi connectivity index (χ3v) is 3.02. The van der Waals surface area contributed by atoms with Gasteiger partial charge in [-0.15, -0.1) is 0 Å². The van der Waals surface area contributed by atoms with Crippen molar-refractivity contribution in [2.24, 2.45) is 0 Å². The topological polar surface area (TPSA) is 20.2 Å². The van der Waals surface area contributed by atoms with Gasteiger partial charge in [0.2, 0.25) is 0 Å². The van der Waals surface area contributed by atoms with Crippen molar-refractivity contribution in [2.75, 3.05) is 12.4 Å². The highest BCUT2D eigenvalue weighted by atomic mass is 32.2. The van der Waals surface area contributed by atoms with Gasteiger partial charge < -0.3 is 5.11 Å². The highest BCUT2D eigenvalue weighted by Crippen LogP contribution is 2.14. The fourth-order valence-electron chi connectivity index (χ4n) is 1.17. The Morgan fingerprint density at radius 2 is 2.29 bits per heavy atom. The van der Waals surface area contributed by atoms with Crippen LogP contribution in [0.4, 0.5) is 0 Å². The van der Waals surface area contributed by atoms with Gasteiger partial charge in [-0.05, 0) is 23.3 Å². The number of benzene rings is 1. The number of thioether (sulfide) groups is 1. The second-order valence-corrected chi connectivity index (χ2v) is 4.18. The largest absolute Gasteiger partial charge is 0.396 e. The van der Waals surface area contributed by atoms with Gasteiger partial charge in [-0.2, -0.15) is 11.8 Å². The van der Waals surface area contributed by atoms with Crippen molar-refractivity contribution in [1.29, 1.82) is 0 Å². The molecule has 0 aromatic heterocycles. The van der Waals surface area contributed by atoms with E-state index in [1.54, 1.807) is 0 Å². The maximum absolute atomic E-state index is 8.62. The molecule has 0 fully saturated rings. The number of rotatable bonds is 6. The number of hydrogen-bond acceptors (Lipinski definition) is 2. The summed E-state index contributed by atoms with van der Waals surface area (Å²) in [4.78, 5) is 0. The third kappa shape index (κ3) is 3.99. The number of aliphatic hydroxyl groups is 1. The fraction of sp³-hybridized carbons (Fsp3) is 0.333. The van der Waals surface area contributed by atoms with Crippen LogP contribution in [0.25, 0.3) is 6.08 Å². The molecule has 1 aromatic carbocycles. The molecular formula is C12H16OS. The zero-order valence-electron chi connectivity index (χ0n) is 8.28. The Kier molecular flexibility index (Phi) is 5.42. The maximum Gasteiger partial charge on any atom is 0.0438 e. The minimum Gasteiger partial charge on any atom is -0.396 e. The lowest BCUT2D eigenvalue weighted by Gasteiger charge is -2.02. The van der Waals surface area contributed by atoms with E-state index in [0.717, 1.165) is 17.9 Å². The first-order chi connectivity index (χ1) is 6.86. The lowest BCUT2D eigenvalue weighted by atomic mass is 10.1. The molecule has 0 saturated heterocycles. The van der Waals surface area contributed by atoms with Gasteiger partial charge >= 0.3 is 0 Å². The molecule has 0 atom stereocenters. The zero-order valence-corrected chi connectivity index (χ0v) is 9.09. The van der Waals surface area contributed by atoms with Gasteiger partial charge in [0.05, 0.1) is 0 Å². The zero-order chi connectivity index (χ0) is 10.2. The molecule has 0 aliphatic rings. The molecule has 1 nitrogen and oxygen atoms in total. The molecule has 0 saturated carbocycles. The lowest BCUT2D eigenvalue weighted by molar-refractivity contribution is 0.296. The van der Waals surface area contributed by atoms with Crippen LogP contribution in [0.1, 0.15) is 17.5 Å². The first-order valence-electron chi connectivity index (χ1n) is 4.77. The monoisotopic (exact) mass is 208 g/mol. The van der Waals surface area contributed by atoms with E-state index in [1.165, 1.54) is 11.1 Å². The summed E-state index contributed by atoms with van der Waals surface area (Å²) in [5.41, 5.74) is 2.50. The molecule has 1 rings (SSSR count). The minimum atomic E-state index is 0.291. The van der Waals surface area contributed by atoms with Crippen LogP contribution in [0.3, 0.4) is 0 Å². The summed E-state index contributed by atoms with van der Waals surface area (Å²) in [6.07, 6.45) is 2.74. The van der Waals surface area contributed by atoms with E-state index in [9.17, 15) is 0 Å². The van der Waals surface area contributed by atoms with Crippen molar-refractivity contribution < 1.29 is 5.11 Å². The predicted molar refractivity (Wildman–Crippen MR) is 64.4 cm³/mol. The fourth-order valence-corrected chi connectivity index (χ4v) is 2.06. The maximum atomic E-state index is 8.62. The van der Waals surface area contributed by atoms with Gasteiger partial charge in [0.25, 0.3) is 0 Å². The Bertz CT molecular complexity index is 283. The highest BCUT2D eigenvalue weighted by Gasteiger charge is 1.94. The van der Waals surface area contributed by atoms with Crippen LogP contribution in [0.2, 0.25) is 0 Å². The average molecular weight is 208 g/mol. The van der Waals surface area contributed by atoms with Crippen molar-refractivity contribution in [3.8, 4) is 0 Å². The van der Waals surface area contributed by atoms with Gasteiger partial charge in [0.1, 0.15) is 0 Å². The summed E-state index contributed by atoms with van der Waals surface area (Å²) >= 11 is 1.86. The van der Waals surface area contributed by atoms with Crippen molar-refractivity contribution in [3.63, 3.8) is 0 Å². The van der Waals surface area contributed by atoms with Crippen LogP contribution < -0.4 is 0 Å². The van der Waals surface area contributed by atoms with Crippen LogP contribution in [0, 0.1) is 0 Å². The summed E-state index contributed by atoms with van der Waals surface area (Å²) in [7, 11) is 0. The highest BCUT2D eigenvalue weighted by molar-refractivity contribution is 7.98. The minimum absolute atomic E-state index is 0.291. The quantitative estimate of drug-likeness (QED) is 0.725. The number of hydrogen-bond donors (Lipinski definition) is 1.